The van der Waals surface area contributed by atoms with Crippen LogP contribution in [-0.4, -0.2) is 20.2 Å². The molecule has 2 aromatic carbocycles. The monoisotopic (exact) mass is 364 g/mol. The molecule has 2 N–H and O–H groups in total. The molecule has 0 radical (unpaired) electrons. The van der Waals surface area contributed by atoms with E-state index >= 15 is 0 Å². The third-order valence-electron chi connectivity index (χ3n) is 2.75. The lowest BCUT2D eigenvalue weighted by Crippen LogP contribution is -2.16. The maximum Gasteiger partial charge on any atom is 0.500 e. The van der Waals surface area contributed by atoms with Crippen LogP contribution < -0.4 is 19.0 Å². The molecule has 0 aliphatic carbocycles. The molecule has 0 spiro atoms. The Morgan fingerprint density at radius 1 is 0.720 bits per heavy atom. The first kappa shape index (κ1) is 18.3. The summed E-state index contributed by atoms with van der Waals surface area (Å²) in [7, 11) is -4.33. The van der Waals surface area contributed by atoms with Crippen LogP contribution in [0.4, 0.5) is 11.4 Å². The van der Waals surface area contributed by atoms with Crippen LogP contribution in [0.25, 0.3) is 0 Å². The Morgan fingerprint density at radius 2 is 1.04 bits per heavy atom. The zero-order chi connectivity index (χ0) is 18.4. The molecule has 0 bridgehead atoms. The summed E-state index contributed by atoms with van der Waals surface area (Å²) in [5, 5.41) is 5.10. The van der Waals surface area contributed by atoms with Crippen molar-refractivity contribution in [2.75, 3.05) is 10.6 Å². The fourth-order valence-corrected chi connectivity index (χ4v) is 2.57. The number of nitrogens with one attached hydrogen (secondary N) is 2. The molecule has 2 aromatic rings. The molecule has 0 fully saturated rings. The lowest BCUT2D eigenvalue weighted by Gasteiger charge is -2.09. The predicted octanol–water partition coefficient (Wildman–Crippen LogP) is 2.31. The van der Waals surface area contributed by atoms with Crippen LogP contribution in [0.5, 0.6) is 11.5 Å². The molecular formula is C16H16N2O6S. The number of hydrogen-bond donors (Lipinski definition) is 2. The zero-order valence-corrected chi connectivity index (χ0v) is 14.3. The molecule has 132 valence electrons. The Labute approximate surface area is 145 Å². The van der Waals surface area contributed by atoms with Gasteiger partial charge in [0.15, 0.2) is 0 Å². The van der Waals surface area contributed by atoms with Crippen LogP contribution in [-0.2, 0) is 20.0 Å². The quantitative estimate of drug-likeness (QED) is 0.814. The highest BCUT2D eigenvalue weighted by Crippen LogP contribution is 2.21. The van der Waals surface area contributed by atoms with E-state index in [4.69, 9.17) is 8.37 Å². The molecule has 0 atom stereocenters. The minimum atomic E-state index is -4.33. The Hall–Kier alpha value is -3.07. The first-order chi connectivity index (χ1) is 11.7. The van der Waals surface area contributed by atoms with Crippen molar-refractivity contribution in [2.24, 2.45) is 0 Å². The van der Waals surface area contributed by atoms with Crippen molar-refractivity contribution in [3.8, 4) is 11.5 Å². The van der Waals surface area contributed by atoms with Gasteiger partial charge in [0.2, 0.25) is 11.8 Å². The Kier molecular flexibility index (Phi) is 5.60. The highest BCUT2D eigenvalue weighted by molar-refractivity contribution is 7.82. The van der Waals surface area contributed by atoms with Crippen LogP contribution in [0.15, 0.2) is 48.5 Å². The summed E-state index contributed by atoms with van der Waals surface area (Å²) in [5.74, 6) is -0.424. The predicted molar refractivity (Wildman–Crippen MR) is 91.7 cm³/mol. The lowest BCUT2D eigenvalue weighted by atomic mass is 10.3. The third-order valence-corrected chi connectivity index (χ3v) is 3.54. The summed E-state index contributed by atoms with van der Waals surface area (Å²) in [4.78, 5) is 21.9. The summed E-state index contributed by atoms with van der Waals surface area (Å²) in [5.41, 5.74) is 1.01. The summed E-state index contributed by atoms with van der Waals surface area (Å²) < 4.78 is 33.5. The van der Waals surface area contributed by atoms with Gasteiger partial charge in [0.1, 0.15) is 11.5 Å². The highest BCUT2D eigenvalue weighted by atomic mass is 32.3. The number of benzene rings is 2. The summed E-state index contributed by atoms with van der Waals surface area (Å²) in [6.07, 6.45) is 0. The minimum absolute atomic E-state index is 0.0315. The van der Waals surface area contributed by atoms with Gasteiger partial charge >= 0.3 is 10.4 Å². The van der Waals surface area contributed by atoms with Gasteiger partial charge < -0.3 is 19.0 Å². The van der Waals surface area contributed by atoms with Gasteiger partial charge in [-0.1, -0.05) is 0 Å². The molecule has 25 heavy (non-hydrogen) atoms. The van der Waals surface area contributed by atoms with Gasteiger partial charge in [0, 0.05) is 25.2 Å². The molecule has 0 saturated heterocycles. The zero-order valence-electron chi connectivity index (χ0n) is 13.5. The number of carbonyl (C=O) groups is 2. The molecule has 0 saturated carbocycles. The van der Waals surface area contributed by atoms with Crippen molar-refractivity contribution in [1.82, 2.24) is 0 Å². The molecule has 0 unspecified atom stereocenters. The Balaban J connectivity index is 2.01. The van der Waals surface area contributed by atoms with E-state index in [1.807, 2.05) is 0 Å². The van der Waals surface area contributed by atoms with Crippen LogP contribution in [0, 0.1) is 0 Å². The van der Waals surface area contributed by atoms with Gasteiger partial charge in [-0.3, -0.25) is 9.59 Å². The molecule has 2 amide bonds. The van der Waals surface area contributed by atoms with E-state index in [0.29, 0.717) is 11.4 Å². The standard InChI is InChI=1S/C16H16N2O6S/c1-11(19)17-13-3-7-15(8-4-13)23-25(21,22)24-16-9-5-14(6-10-16)18-12(2)20/h3-10H,1-2H3,(H,17,19)(H,18,20). The molecule has 0 aliphatic heterocycles. The number of anilines is 2. The number of hydrogen-bond acceptors (Lipinski definition) is 6. The van der Waals surface area contributed by atoms with Crippen LogP contribution in [0.3, 0.4) is 0 Å². The van der Waals surface area contributed by atoms with Crippen LogP contribution in [0.1, 0.15) is 13.8 Å². The Morgan fingerprint density at radius 3 is 1.32 bits per heavy atom. The van der Waals surface area contributed by atoms with Crippen molar-refractivity contribution in [3.05, 3.63) is 48.5 Å². The van der Waals surface area contributed by atoms with Gasteiger partial charge in [-0.15, -0.1) is 8.42 Å². The largest absolute Gasteiger partial charge is 0.500 e. The maximum atomic E-state index is 11.9. The van der Waals surface area contributed by atoms with Gasteiger partial charge in [-0.2, -0.15) is 0 Å². The molecule has 8 nitrogen and oxygen atoms in total. The van der Waals surface area contributed by atoms with E-state index in [1.54, 1.807) is 0 Å². The van der Waals surface area contributed by atoms with Crippen molar-refractivity contribution in [1.29, 1.82) is 0 Å². The van der Waals surface area contributed by atoms with Gasteiger partial charge in [-0.25, -0.2) is 0 Å². The van der Waals surface area contributed by atoms with E-state index in [-0.39, 0.29) is 23.3 Å². The minimum Gasteiger partial charge on any atom is -0.353 e. The molecule has 9 heteroatoms. The molecule has 0 heterocycles. The third kappa shape index (κ3) is 6.15. The second-order valence-electron chi connectivity index (χ2n) is 4.99. The van der Waals surface area contributed by atoms with Crippen molar-refractivity contribution in [2.45, 2.75) is 13.8 Å². The molecule has 0 aromatic heterocycles. The first-order valence-electron chi connectivity index (χ1n) is 7.13. The second kappa shape index (κ2) is 7.67. The number of carbonyl (C=O) groups excluding carboxylic acids is 2. The summed E-state index contributed by atoms with van der Waals surface area (Å²) in [6.45, 7) is 2.72. The van der Waals surface area contributed by atoms with E-state index < -0.39 is 10.4 Å². The van der Waals surface area contributed by atoms with Crippen LogP contribution >= 0.6 is 0 Å². The van der Waals surface area contributed by atoms with Crippen molar-refractivity contribution >= 4 is 33.6 Å². The molecular weight excluding hydrogens is 348 g/mol. The second-order valence-corrected chi connectivity index (χ2v) is 6.14. The van der Waals surface area contributed by atoms with Gasteiger partial charge in [0.05, 0.1) is 0 Å². The van der Waals surface area contributed by atoms with E-state index in [2.05, 4.69) is 10.6 Å². The summed E-state index contributed by atoms with van der Waals surface area (Å²) >= 11 is 0. The Bertz CT molecular complexity index is 793. The van der Waals surface area contributed by atoms with Crippen molar-refractivity contribution < 1.29 is 26.4 Å². The topological polar surface area (TPSA) is 111 Å². The molecule has 0 aliphatic rings. The smallest absolute Gasteiger partial charge is 0.353 e. The fraction of sp³-hybridized carbons (Fsp3) is 0.125. The van der Waals surface area contributed by atoms with E-state index in [0.717, 1.165) is 0 Å². The van der Waals surface area contributed by atoms with Crippen molar-refractivity contribution in [3.63, 3.8) is 0 Å². The first-order valence-corrected chi connectivity index (χ1v) is 8.46. The van der Waals surface area contributed by atoms with E-state index in [1.165, 1.54) is 62.4 Å². The molecule has 2 rings (SSSR count). The van der Waals surface area contributed by atoms with E-state index in [9.17, 15) is 18.0 Å². The number of amides is 2. The average Bonchev–Trinajstić information content (AvgIpc) is 2.49. The normalized spacial score (nSPS) is 10.6. The maximum absolute atomic E-state index is 11.9. The fourth-order valence-electron chi connectivity index (χ4n) is 1.85. The highest BCUT2D eigenvalue weighted by Gasteiger charge is 2.16. The lowest BCUT2D eigenvalue weighted by molar-refractivity contribution is -0.115. The van der Waals surface area contributed by atoms with Crippen LogP contribution in [0.2, 0.25) is 0 Å². The van der Waals surface area contributed by atoms with Gasteiger partial charge in [-0.05, 0) is 48.5 Å². The summed E-state index contributed by atoms with van der Waals surface area (Å²) in [6, 6.07) is 11.5. The number of rotatable bonds is 6. The average molecular weight is 364 g/mol. The van der Waals surface area contributed by atoms with Gasteiger partial charge in [0.25, 0.3) is 0 Å². The SMILES string of the molecule is CC(=O)Nc1ccc(OS(=O)(=O)Oc2ccc(NC(C)=O)cc2)cc1.